The van der Waals surface area contributed by atoms with Crippen LogP contribution >= 0.6 is 38.5 Å². The van der Waals surface area contributed by atoms with Crippen molar-refractivity contribution in [2.75, 3.05) is 0 Å². The Kier molecular flexibility index (Phi) is 2.87. The van der Waals surface area contributed by atoms with Crippen LogP contribution in [0.25, 0.3) is 11.0 Å². The fourth-order valence-electron chi connectivity index (χ4n) is 1.25. The van der Waals surface area contributed by atoms with Gasteiger partial charge in [0.25, 0.3) is 0 Å². The number of alkyl halides is 1. The van der Waals surface area contributed by atoms with Crippen LogP contribution in [0.15, 0.2) is 12.1 Å². The number of aromatic amines is 1. The van der Waals surface area contributed by atoms with Gasteiger partial charge in [-0.3, -0.25) is 4.79 Å². The first-order chi connectivity index (χ1) is 6.74. The highest BCUT2D eigenvalue weighted by Crippen LogP contribution is 2.19. The number of nitrogens with one attached hydrogen (secondary N) is 1. The van der Waals surface area contributed by atoms with E-state index >= 15 is 0 Å². The number of imidazole rings is 1. The number of rotatable bonds is 2. The van der Waals surface area contributed by atoms with Gasteiger partial charge in [0.05, 0.1) is 16.4 Å². The maximum atomic E-state index is 10.7. The van der Waals surface area contributed by atoms with Gasteiger partial charge in [-0.05, 0) is 34.7 Å². The average Bonchev–Trinajstić information content (AvgIpc) is 2.58. The molecule has 0 saturated heterocycles. The summed E-state index contributed by atoms with van der Waals surface area (Å²) in [6, 6.07) is 3.73. The Labute approximate surface area is 103 Å². The van der Waals surface area contributed by atoms with Crippen molar-refractivity contribution in [3.8, 4) is 0 Å². The molecule has 0 spiro atoms. The molecule has 3 nitrogen and oxygen atoms in total. The number of benzene rings is 1. The van der Waals surface area contributed by atoms with Gasteiger partial charge in [0, 0.05) is 9.13 Å². The van der Waals surface area contributed by atoms with Crippen LogP contribution in [0.4, 0.5) is 0 Å². The third kappa shape index (κ3) is 1.70. The third-order valence-electron chi connectivity index (χ3n) is 1.90. The summed E-state index contributed by atoms with van der Waals surface area (Å²) in [5, 5.41) is 0.689. The summed E-state index contributed by atoms with van der Waals surface area (Å²) in [5.41, 5.74) is 2.49. The van der Waals surface area contributed by atoms with Gasteiger partial charge in [0.1, 0.15) is 5.82 Å². The number of aromatic nitrogens is 2. The molecule has 0 aliphatic heterocycles. The van der Waals surface area contributed by atoms with Crippen LogP contribution < -0.4 is 0 Å². The van der Waals surface area contributed by atoms with Gasteiger partial charge in [-0.15, -0.1) is 0 Å². The Morgan fingerprint density at radius 3 is 3.00 bits per heavy atom. The number of nitrogens with zero attached hydrogens (tertiary/aromatic N) is 1. The molecule has 2 rings (SSSR count). The molecule has 5 heteroatoms. The number of carbonyl (C=O) groups excluding carboxylic acids is 1. The molecule has 0 bridgehead atoms. The van der Waals surface area contributed by atoms with Crippen LogP contribution in [-0.2, 0) is 5.33 Å². The normalized spacial score (nSPS) is 10.7. The Balaban J connectivity index is 2.69. The van der Waals surface area contributed by atoms with Gasteiger partial charge in [-0.25, -0.2) is 4.98 Å². The number of aldehydes is 1. The quantitative estimate of drug-likeness (QED) is 0.506. The number of carbonyl (C=O) groups is 1. The molecule has 1 aromatic carbocycles. The van der Waals surface area contributed by atoms with E-state index in [4.69, 9.17) is 0 Å². The first-order valence-corrected chi connectivity index (χ1v) is 6.14. The molecule has 0 amide bonds. The maximum Gasteiger partial charge on any atom is 0.151 e. The van der Waals surface area contributed by atoms with E-state index in [9.17, 15) is 4.79 Å². The van der Waals surface area contributed by atoms with Gasteiger partial charge < -0.3 is 4.98 Å². The lowest BCUT2D eigenvalue weighted by atomic mass is 10.2. The van der Waals surface area contributed by atoms with Gasteiger partial charge in [0.2, 0.25) is 0 Å². The molecule has 0 atom stereocenters. The number of fused-ring (bicyclic) bond motifs is 1. The third-order valence-corrected chi connectivity index (χ3v) is 3.37. The van der Waals surface area contributed by atoms with E-state index in [0.29, 0.717) is 10.9 Å². The Hall–Kier alpha value is -0.430. The molecule has 0 aliphatic rings. The number of hydrogen-bond acceptors (Lipinski definition) is 2. The molecular weight excluding hydrogens is 359 g/mol. The molecule has 1 heterocycles. The lowest BCUT2D eigenvalue weighted by molar-refractivity contribution is 0.112. The SMILES string of the molecule is O=Cc1cc2nc(CBr)[nH]c2cc1I. The first kappa shape index (κ1) is 10.1. The highest BCUT2D eigenvalue weighted by Gasteiger charge is 2.05. The molecule has 0 aliphatic carbocycles. The highest BCUT2D eigenvalue weighted by molar-refractivity contribution is 14.1. The van der Waals surface area contributed by atoms with E-state index in [1.165, 1.54) is 0 Å². The zero-order valence-electron chi connectivity index (χ0n) is 7.05. The van der Waals surface area contributed by atoms with Crippen molar-refractivity contribution in [3.05, 3.63) is 27.1 Å². The lowest BCUT2D eigenvalue weighted by Crippen LogP contribution is -1.85. The second-order valence-corrected chi connectivity index (χ2v) is 4.55. The van der Waals surface area contributed by atoms with E-state index in [1.54, 1.807) is 6.07 Å². The van der Waals surface area contributed by atoms with Crippen LogP contribution in [-0.4, -0.2) is 16.3 Å². The molecule has 0 unspecified atom stereocenters. The van der Waals surface area contributed by atoms with Gasteiger partial charge >= 0.3 is 0 Å². The summed E-state index contributed by atoms with van der Waals surface area (Å²) in [4.78, 5) is 18.2. The Morgan fingerprint density at radius 2 is 2.36 bits per heavy atom. The molecule has 0 fully saturated rings. The number of H-pyrrole nitrogens is 1. The summed E-state index contributed by atoms with van der Waals surface area (Å²) in [5.74, 6) is 0.874. The van der Waals surface area contributed by atoms with Crippen molar-refractivity contribution in [1.29, 1.82) is 0 Å². The summed E-state index contributed by atoms with van der Waals surface area (Å²) in [6.07, 6.45) is 0.851. The summed E-state index contributed by atoms with van der Waals surface area (Å²) in [6.45, 7) is 0. The van der Waals surface area contributed by atoms with Crippen molar-refractivity contribution in [2.45, 2.75) is 5.33 Å². The molecule has 0 radical (unpaired) electrons. The molecule has 14 heavy (non-hydrogen) atoms. The van der Waals surface area contributed by atoms with Gasteiger partial charge in [-0.1, -0.05) is 15.9 Å². The smallest absolute Gasteiger partial charge is 0.151 e. The van der Waals surface area contributed by atoms with Crippen molar-refractivity contribution in [2.24, 2.45) is 0 Å². The minimum Gasteiger partial charge on any atom is -0.341 e. The minimum atomic E-state index is 0.686. The van der Waals surface area contributed by atoms with Crippen molar-refractivity contribution in [1.82, 2.24) is 9.97 Å². The summed E-state index contributed by atoms with van der Waals surface area (Å²) >= 11 is 5.46. The monoisotopic (exact) mass is 364 g/mol. The number of halogens is 2. The van der Waals surface area contributed by atoms with Crippen LogP contribution in [0, 0.1) is 3.57 Å². The zero-order chi connectivity index (χ0) is 10.1. The van der Waals surface area contributed by atoms with Gasteiger partial charge in [-0.2, -0.15) is 0 Å². The molecular formula is C9H6BrIN2O. The van der Waals surface area contributed by atoms with E-state index in [0.717, 1.165) is 26.7 Å². The largest absolute Gasteiger partial charge is 0.341 e. The molecule has 72 valence electrons. The second-order valence-electron chi connectivity index (χ2n) is 2.83. The standard InChI is InChI=1S/C9H6BrIN2O/c10-3-9-12-7-1-5(4-14)6(11)2-8(7)13-9/h1-2,4H,3H2,(H,12,13). The van der Waals surface area contributed by atoms with E-state index < -0.39 is 0 Å². The molecule has 1 N–H and O–H groups in total. The predicted octanol–water partition coefficient (Wildman–Crippen LogP) is 2.87. The second kappa shape index (κ2) is 3.98. The van der Waals surface area contributed by atoms with Crippen molar-refractivity contribution in [3.63, 3.8) is 0 Å². The van der Waals surface area contributed by atoms with Crippen LogP contribution in [0.3, 0.4) is 0 Å². The molecule has 0 saturated carbocycles. The summed E-state index contributed by atoms with van der Waals surface area (Å²) in [7, 11) is 0. The Morgan fingerprint density at radius 1 is 1.57 bits per heavy atom. The zero-order valence-corrected chi connectivity index (χ0v) is 10.8. The van der Waals surface area contributed by atoms with E-state index in [1.807, 2.05) is 6.07 Å². The maximum absolute atomic E-state index is 10.7. The topological polar surface area (TPSA) is 45.8 Å². The fraction of sp³-hybridized carbons (Fsp3) is 0.111. The Bertz CT molecular complexity index is 495. The van der Waals surface area contributed by atoms with Gasteiger partial charge in [0.15, 0.2) is 6.29 Å². The van der Waals surface area contributed by atoms with E-state index in [2.05, 4.69) is 48.5 Å². The van der Waals surface area contributed by atoms with Crippen molar-refractivity contribution < 1.29 is 4.79 Å². The number of hydrogen-bond donors (Lipinski definition) is 1. The first-order valence-electron chi connectivity index (χ1n) is 3.94. The van der Waals surface area contributed by atoms with E-state index in [-0.39, 0.29) is 0 Å². The minimum absolute atomic E-state index is 0.686. The summed E-state index contributed by atoms with van der Waals surface area (Å²) < 4.78 is 0.940. The fourth-order valence-corrected chi connectivity index (χ4v) is 2.11. The van der Waals surface area contributed by atoms with Crippen molar-refractivity contribution >= 4 is 55.8 Å². The van der Waals surface area contributed by atoms with Crippen LogP contribution in [0.2, 0.25) is 0 Å². The average molecular weight is 365 g/mol. The predicted molar refractivity (Wildman–Crippen MR) is 66.8 cm³/mol. The van der Waals surface area contributed by atoms with Crippen LogP contribution in [0.5, 0.6) is 0 Å². The molecule has 2 aromatic rings. The highest BCUT2D eigenvalue weighted by atomic mass is 127. The lowest BCUT2D eigenvalue weighted by Gasteiger charge is -1.94. The molecule has 1 aromatic heterocycles. The van der Waals surface area contributed by atoms with Crippen LogP contribution in [0.1, 0.15) is 16.2 Å².